The van der Waals surface area contributed by atoms with Crippen LogP contribution in [0.2, 0.25) is 0 Å². The molecule has 2 nitrogen and oxygen atoms in total. The summed E-state index contributed by atoms with van der Waals surface area (Å²) in [6, 6.07) is 0. The maximum atomic E-state index is 3.52. The summed E-state index contributed by atoms with van der Waals surface area (Å²) in [4.78, 5) is 2.70. The molecule has 1 N–H and O–H groups in total. The lowest BCUT2D eigenvalue weighted by Gasteiger charge is -2.30. The van der Waals surface area contributed by atoms with E-state index in [0.29, 0.717) is 0 Å². The van der Waals surface area contributed by atoms with Crippen LogP contribution in [0.15, 0.2) is 0 Å². The molecule has 0 saturated carbocycles. The van der Waals surface area contributed by atoms with Gasteiger partial charge in [-0.3, -0.25) is 0 Å². The van der Waals surface area contributed by atoms with Crippen molar-refractivity contribution < 1.29 is 0 Å². The predicted octanol–water partition coefficient (Wildman–Crippen LogP) is 1.67. The lowest BCUT2D eigenvalue weighted by atomic mass is 9.98. The van der Waals surface area contributed by atoms with E-state index in [1.165, 1.54) is 57.1 Å². The van der Waals surface area contributed by atoms with E-state index in [0.717, 1.165) is 11.8 Å². The Kier molecular flexibility index (Phi) is 4.79. The molecule has 15 heavy (non-hydrogen) atoms. The number of nitrogens with one attached hydrogen (secondary N) is 1. The largest absolute Gasteiger partial charge is 0.316 e. The number of hydrogen-bond donors (Lipinski definition) is 1. The molecule has 0 bridgehead atoms. The molecule has 0 aromatic rings. The normalized spacial score (nSPS) is 35.0. The Morgan fingerprint density at radius 2 is 2.40 bits per heavy atom. The Hall–Kier alpha value is 0.270. The Bertz CT molecular complexity index is 180. The molecule has 0 aromatic heterocycles. The summed E-state index contributed by atoms with van der Waals surface area (Å²) in [5.74, 6) is 4.49. The van der Waals surface area contributed by atoms with E-state index in [1.54, 1.807) is 0 Å². The van der Waals surface area contributed by atoms with E-state index in [9.17, 15) is 0 Å². The molecule has 0 aliphatic carbocycles. The molecule has 2 saturated heterocycles. The number of rotatable bonds is 2. The van der Waals surface area contributed by atoms with Crippen LogP contribution in [0.4, 0.5) is 0 Å². The minimum Gasteiger partial charge on any atom is -0.316 e. The van der Waals surface area contributed by atoms with Crippen LogP contribution in [0.3, 0.4) is 0 Å². The molecule has 2 rings (SSSR count). The summed E-state index contributed by atoms with van der Waals surface area (Å²) in [7, 11) is 0. The van der Waals surface area contributed by atoms with Gasteiger partial charge in [-0.1, -0.05) is 6.92 Å². The average Bonchev–Trinajstić information content (AvgIpc) is 2.44. The minimum absolute atomic E-state index is 0.883. The monoisotopic (exact) mass is 228 g/mol. The minimum atomic E-state index is 0.883. The van der Waals surface area contributed by atoms with Gasteiger partial charge in [0.1, 0.15) is 0 Å². The van der Waals surface area contributed by atoms with E-state index in [-0.39, 0.29) is 0 Å². The fourth-order valence-electron chi connectivity index (χ4n) is 2.67. The zero-order valence-corrected chi connectivity index (χ0v) is 10.7. The van der Waals surface area contributed by atoms with Gasteiger partial charge < -0.3 is 10.2 Å². The standard InChI is InChI=1S/C12H24N2S/c1-11-8-14(5-6-15-10-11)9-12-3-2-4-13-7-12/h11-13H,2-10H2,1H3. The molecule has 0 aromatic carbocycles. The predicted molar refractivity (Wildman–Crippen MR) is 68.5 cm³/mol. The Balaban J connectivity index is 1.76. The van der Waals surface area contributed by atoms with Gasteiger partial charge in [-0.05, 0) is 43.5 Å². The highest BCUT2D eigenvalue weighted by atomic mass is 32.2. The van der Waals surface area contributed by atoms with Crippen LogP contribution < -0.4 is 5.32 Å². The van der Waals surface area contributed by atoms with Gasteiger partial charge in [0, 0.05) is 25.4 Å². The van der Waals surface area contributed by atoms with Gasteiger partial charge in [0.2, 0.25) is 0 Å². The van der Waals surface area contributed by atoms with Gasteiger partial charge >= 0.3 is 0 Å². The van der Waals surface area contributed by atoms with Crippen LogP contribution >= 0.6 is 11.8 Å². The highest BCUT2D eigenvalue weighted by Crippen LogP contribution is 2.18. The number of hydrogen-bond acceptors (Lipinski definition) is 3. The second-order valence-corrected chi connectivity index (χ2v) is 6.30. The first-order chi connectivity index (χ1) is 7.34. The third-order valence-corrected chi connectivity index (χ3v) is 4.72. The van der Waals surface area contributed by atoms with Crippen molar-refractivity contribution in [1.29, 1.82) is 0 Å². The molecule has 0 amide bonds. The Morgan fingerprint density at radius 1 is 1.47 bits per heavy atom. The van der Waals surface area contributed by atoms with Crippen LogP contribution in [-0.2, 0) is 0 Å². The summed E-state index contributed by atoms with van der Waals surface area (Å²) in [5, 5.41) is 3.52. The first-order valence-electron chi connectivity index (χ1n) is 6.35. The molecule has 88 valence electrons. The van der Waals surface area contributed by atoms with Crippen molar-refractivity contribution in [1.82, 2.24) is 10.2 Å². The number of thioether (sulfide) groups is 1. The first-order valence-corrected chi connectivity index (χ1v) is 7.51. The maximum absolute atomic E-state index is 3.52. The second-order valence-electron chi connectivity index (χ2n) is 5.15. The summed E-state index contributed by atoms with van der Waals surface area (Å²) >= 11 is 2.13. The van der Waals surface area contributed by atoms with Crippen molar-refractivity contribution >= 4 is 11.8 Å². The van der Waals surface area contributed by atoms with E-state index in [2.05, 4.69) is 28.9 Å². The first kappa shape index (κ1) is 11.7. The van der Waals surface area contributed by atoms with Crippen molar-refractivity contribution in [2.24, 2.45) is 11.8 Å². The molecule has 2 atom stereocenters. The van der Waals surface area contributed by atoms with Crippen molar-refractivity contribution in [3.63, 3.8) is 0 Å². The molecule has 0 spiro atoms. The molecule has 2 unspecified atom stereocenters. The van der Waals surface area contributed by atoms with E-state index in [1.807, 2.05) is 0 Å². The number of piperidine rings is 1. The third kappa shape index (κ3) is 3.97. The summed E-state index contributed by atoms with van der Waals surface area (Å²) < 4.78 is 0. The van der Waals surface area contributed by atoms with Crippen LogP contribution in [0.1, 0.15) is 19.8 Å². The SMILES string of the molecule is CC1CSCCN(CC2CCCNC2)C1. The molecular weight excluding hydrogens is 204 g/mol. The lowest BCUT2D eigenvalue weighted by Crippen LogP contribution is -2.40. The Labute approximate surface area is 98.2 Å². The van der Waals surface area contributed by atoms with E-state index >= 15 is 0 Å². The molecule has 2 heterocycles. The highest BCUT2D eigenvalue weighted by Gasteiger charge is 2.20. The molecule has 2 aliphatic rings. The summed E-state index contributed by atoms with van der Waals surface area (Å²) in [6.07, 6.45) is 2.81. The van der Waals surface area contributed by atoms with Crippen LogP contribution in [-0.4, -0.2) is 49.1 Å². The topological polar surface area (TPSA) is 15.3 Å². The van der Waals surface area contributed by atoms with Crippen molar-refractivity contribution in [3.8, 4) is 0 Å². The maximum Gasteiger partial charge on any atom is 0.00726 e. The zero-order chi connectivity index (χ0) is 10.5. The van der Waals surface area contributed by atoms with Crippen molar-refractivity contribution in [2.45, 2.75) is 19.8 Å². The highest BCUT2D eigenvalue weighted by molar-refractivity contribution is 7.99. The zero-order valence-electron chi connectivity index (χ0n) is 9.87. The van der Waals surface area contributed by atoms with Crippen molar-refractivity contribution in [2.75, 3.05) is 44.2 Å². The number of nitrogens with zero attached hydrogens (tertiary/aromatic N) is 1. The summed E-state index contributed by atoms with van der Waals surface area (Å²) in [6.45, 7) is 8.85. The average molecular weight is 228 g/mol. The van der Waals surface area contributed by atoms with Gasteiger partial charge in [-0.15, -0.1) is 0 Å². The van der Waals surface area contributed by atoms with Gasteiger partial charge in [0.25, 0.3) is 0 Å². The molecule has 0 radical (unpaired) electrons. The third-order valence-electron chi connectivity index (χ3n) is 3.44. The van der Waals surface area contributed by atoms with Gasteiger partial charge in [0.05, 0.1) is 0 Å². The Morgan fingerprint density at radius 3 is 3.20 bits per heavy atom. The van der Waals surface area contributed by atoms with Gasteiger partial charge in [-0.25, -0.2) is 0 Å². The second kappa shape index (κ2) is 6.12. The molecular formula is C12H24N2S. The van der Waals surface area contributed by atoms with Gasteiger partial charge in [0.15, 0.2) is 0 Å². The van der Waals surface area contributed by atoms with Crippen molar-refractivity contribution in [3.05, 3.63) is 0 Å². The molecule has 2 fully saturated rings. The fourth-order valence-corrected chi connectivity index (χ4v) is 3.74. The van der Waals surface area contributed by atoms with E-state index < -0.39 is 0 Å². The molecule has 2 aliphatic heterocycles. The van der Waals surface area contributed by atoms with Crippen LogP contribution in [0.25, 0.3) is 0 Å². The lowest BCUT2D eigenvalue weighted by molar-refractivity contribution is 0.203. The summed E-state index contributed by atoms with van der Waals surface area (Å²) in [5.41, 5.74) is 0. The van der Waals surface area contributed by atoms with Crippen LogP contribution in [0, 0.1) is 11.8 Å². The van der Waals surface area contributed by atoms with Gasteiger partial charge in [-0.2, -0.15) is 11.8 Å². The quantitative estimate of drug-likeness (QED) is 0.774. The molecule has 3 heteroatoms. The van der Waals surface area contributed by atoms with E-state index in [4.69, 9.17) is 0 Å². The smallest absolute Gasteiger partial charge is 0.00726 e. The van der Waals surface area contributed by atoms with Crippen LogP contribution in [0.5, 0.6) is 0 Å². The fraction of sp³-hybridized carbons (Fsp3) is 1.00.